The summed E-state index contributed by atoms with van der Waals surface area (Å²) >= 11 is 0. The van der Waals surface area contributed by atoms with Crippen molar-refractivity contribution in [2.45, 2.75) is 26.2 Å². The molecule has 0 fully saturated rings. The smallest absolute Gasteiger partial charge is 0.328 e. The second kappa shape index (κ2) is 5.99. The van der Waals surface area contributed by atoms with Gasteiger partial charge in [-0.2, -0.15) is 8.42 Å². The number of hydrogen-bond donors (Lipinski definition) is 1. The molecule has 0 atom stereocenters. The molecular weight excluding hydrogens is 184 g/mol. The van der Waals surface area contributed by atoms with Crippen LogP contribution in [0.1, 0.15) is 26.2 Å². The van der Waals surface area contributed by atoms with Gasteiger partial charge in [0.25, 0.3) is 0 Å². The van der Waals surface area contributed by atoms with E-state index in [1.165, 1.54) is 0 Å². The monoisotopic (exact) mass is 196 g/mol. The Morgan fingerprint density at radius 2 is 2.17 bits per heavy atom. The Kier molecular flexibility index (Phi) is 5.69. The summed E-state index contributed by atoms with van der Waals surface area (Å²) in [7, 11) is -4.49. The molecule has 0 aliphatic heterocycles. The maximum absolute atomic E-state index is 9.89. The highest BCUT2D eigenvalue weighted by atomic mass is 32.3. The molecule has 0 heterocycles. The van der Waals surface area contributed by atoms with Crippen LogP contribution in [0.3, 0.4) is 0 Å². The van der Waals surface area contributed by atoms with Crippen LogP contribution in [0.25, 0.3) is 0 Å². The van der Waals surface area contributed by atoms with Gasteiger partial charge in [-0.25, -0.2) is 0 Å². The van der Waals surface area contributed by atoms with Crippen LogP contribution in [0.15, 0.2) is 12.3 Å². The van der Waals surface area contributed by atoms with E-state index in [4.69, 9.17) is 4.55 Å². The molecule has 0 aliphatic rings. The minimum Gasteiger partial charge on any atom is -0.328 e. The minimum atomic E-state index is -4.49. The Morgan fingerprint density at radius 1 is 1.50 bits per heavy atom. The predicted octanol–water partition coefficient (Wildman–Crippen LogP) is 1.44. The third kappa shape index (κ3) is 9.41. The number of unbranched alkanes of at least 4 members (excludes halogenated alkanes) is 2. The highest BCUT2D eigenvalue weighted by Crippen LogP contribution is 1.96. The highest BCUT2D eigenvalue weighted by Gasteiger charge is 2.02. The van der Waals surface area contributed by atoms with Crippen molar-refractivity contribution in [3.8, 4) is 0 Å². The van der Waals surface area contributed by atoms with Crippen molar-refractivity contribution >= 4 is 10.4 Å². The van der Waals surface area contributed by atoms with Crippen LogP contribution in [-0.4, -0.2) is 13.0 Å². The van der Waals surface area contributed by atoms with Crippen LogP contribution in [-0.2, 0) is 19.6 Å². The molecule has 0 amide bonds. The van der Waals surface area contributed by atoms with E-state index >= 15 is 0 Å². The molecule has 0 saturated carbocycles. The summed E-state index contributed by atoms with van der Waals surface area (Å²) in [6.45, 7) is 2.03. The molecule has 0 unspecified atom stereocenters. The first-order valence-electron chi connectivity index (χ1n) is 3.53. The zero-order valence-corrected chi connectivity index (χ0v) is 7.58. The Hall–Kier alpha value is -0.590. The van der Waals surface area contributed by atoms with Gasteiger partial charge in [-0.3, -0.25) is 4.55 Å². The Morgan fingerprint density at radius 3 is 2.67 bits per heavy atom. The van der Waals surface area contributed by atoms with E-state index in [2.05, 4.69) is 9.22 Å². The van der Waals surface area contributed by atoms with Gasteiger partial charge in [0.2, 0.25) is 0 Å². The molecule has 5 nitrogen and oxygen atoms in total. The number of rotatable bonds is 6. The lowest BCUT2D eigenvalue weighted by molar-refractivity contribution is -0.151. The standard InChI is InChI=1S/C6H12O5S/c1-2-3-4-5-6-10-11-12(7,8)9/h5-6H,2-4H2,1H3,(H,7,8,9). The van der Waals surface area contributed by atoms with Gasteiger partial charge in [-0.05, 0) is 23.3 Å². The third-order valence-electron chi connectivity index (χ3n) is 1.00. The van der Waals surface area contributed by atoms with Crippen molar-refractivity contribution in [3.05, 3.63) is 12.3 Å². The van der Waals surface area contributed by atoms with Crippen molar-refractivity contribution < 1.29 is 22.2 Å². The fraction of sp³-hybridized carbons (Fsp3) is 0.667. The van der Waals surface area contributed by atoms with Crippen LogP contribution >= 0.6 is 0 Å². The first-order chi connectivity index (χ1) is 5.56. The zero-order chi connectivity index (χ0) is 9.45. The summed E-state index contributed by atoms with van der Waals surface area (Å²) in [6.07, 6.45) is 5.50. The average Bonchev–Trinajstić information content (AvgIpc) is 1.94. The Balaban J connectivity index is 3.37. The molecule has 0 bridgehead atoms. The quantitative estimate of drug-likeness (QED) is 0.229. The maximum atomic E-state index is 9.89. The lowest BCUT2D eigenvalue weighted by Gasteiger charge is -1.93. The summed E-state index contributed by atoms with van der Waals surface area (Å²) in [5, 5.41) is 0. The van der Waals surface area contributed by atoms with Gasteiger partial charge in [0, 0.05) is 0 Å². The van der Waals surface area contributed by atoms with Crippen molar-refractivity contribution in [2.24, 2.45) is 0 Å². The van der Waals surface area contributed by atoms with Gasteiger partial charge in [0.1, 0.15) is 6.26 Å². The van der Waals surface area contributed by atoms with E-state index in [9.17, 15) is 8.42 Å². The molecule has 0 radical (unpaired) electrons. The average molecular weight is 196 g/mol. The second-order valence-corrected chi connectivity index (χ2v) is 3.10. The maximum Gasteiger partial charge on any atom is 0.432 e. The molecule has 0 rings (SSSR count). The van der Waals surface area contributed by atoms with E-state index in [-0.39, 0.29) is 0 Å². The summed E-state index contributed by atoms with van der Waals surface area (Å²) in [4.78, 5) is 4.03. The topological polar surface area (TPSA) is 72.8 Å². The third-order valence-corrected chi connectivity index (χ3v) is 1.25. The van der Waals surface area contributed by atoms with E-state index in [1.54, 1.807) is 6.08 Å². The molecule has 0 aromatic rings. The van der Waals surface area contributed by atoms with Gasteiger partial charge in [0.05, 0.1) is 0 Å². The van der Waals surface area contributed by atoms with Crippen molar-refractivity contribution in [2.75, 3.05) is 0 Å². The molecule has 0 saturated heterocycles. The van der Waals surface area contributed by atoms with Gasteiger partial charge in [0.15, 0.2) is 0 Å². The van der Waals surface area contributed by atoms with Crippen LogP contribution in [0.4, 0.5) is 0 Å². The van der Waals surface area contributed by atoms with E-state index in [0.717, 1.165) is 25.5 Å². The largest absolute Gasteiger partial charge is 0.432 e. The van der Waals surface area contributed by atoms with Crippen molar-refractivity contribution in [3.63, 3.8) is 0 Å². The molecule has 72 valence electrons. The molecule has 0 aliphatic carbocycles. The van der Waals surface area contributed by atoms with Gasteiger partial charge < -0.3 is 4.89 Å². The SMILES string of the molecule is CCCCC=COOS(=O)(=O)O. The van der Waals surface area contributed by atoms with Crippen LogP contribution in [0.5, 0.6) is 0 Å². The summed E-state index contributed by atoms with van der Waals surface area (Å²) in [5.74, 6) is 0. The lowest BCUT2D eigenvalue weighted by Crippen LogP contribution is -2.00. The fourth-order valence-electron chi connectivity index (χ4n) is 0.502. The lowest BCUT2D eigenvalue weighted by atomic mass is 10.2. The minimum absolute atomic E-state index is 0.783. The van der Waals surface area contributed by atoms with Crippen molar-refractivity contribution in [1.29, 1.82) is 0 Å². The second-order valence-electron chi connectivity index (χ2n) is 2.11. The highest BCUT2D eigenvalue weighted by molar-refractivity contribution is 7.80. The molecule has 0 aromatic carbocycles. The molecular formula is C6H12O5S. The zero-order valence-electron chi connectivity index (χ0n) is 6.76. The number of allylic oxidation sites excluding steroid dienone is 1. The van der Waals surface area contributed by atoms with Crippen LogP contribution in [0, 0.1) is 0 Å². The predicted molar refractivity (Wildman–Crippen MR) is 42.4 cm³/mol. The molecule has 6 heteroatoms. The van der Waals surface area contributed by atoms with E-state index in [1.807, 2.05) is 6.92 Å². The summed E-state index contributed by atoms with van der Waals surface area (Å²) < 4.78 is 31.4. The van der Waals surface area contributed by atoms with Gasteiger partial charge in [-0.1, -0.05) is 13.3 Å². The fourth-order valence-corrected chi connectivity index (χ4v) is 0.646. The molecule has 0 spiro atoms. The molecule has 12 heavy (non-hydrogen) atoms. The van der Waals surface area contributed by atoms with Gasteiger partial charge in [-0.15, -0.1) is 0 Å². The number of hydrogen-bond acceptors (Lipinski definition) is 4. The normalized spacial score (nSPS) is 12.2. The summed E-state index contributed by atoms with van der Waals surface area (Å²) in [5.41, 5.74) is 0. The Labute approximate surface area is 71.9 Å². The van der Waals surface area contributed by atoms with Crippen molar-refractivity contribution in [1.82, 2.24) is 0 Å². The van der Waals surface area contributed by atoms with Crippen LogP contribution < -0.4 is 0 Å². The Bertz CT molecular complexity index is 218. The van der Waals surface area contributed by atoms with E-state index < -0.39 is 10.4 Å². The first-order valence-corrected chi connectivity index (χ1v) is 4.90. The summed E-state index contributed by atoms with van der Waals surface area (Å²) in [6, 6.07) is 0. The van der Waals surface area contributed by atoms with Crippen LogP contribution in [0.2, 0.25) is 0 Å². The molecule has 1 N–H and O–H groups in total. The first kappa shape index (κ1) is 11.4. The molecule has 0 aromatic heterocycles. The van der Waals surface area contributed by atoms with E-state index in [0.29, 0.717) is 0 Å². The van der Waals surface area contributed by atoms with Gasteiger partial charge >= 0.3 is 10.4 Å².